The number of carbonyl (C=O) groups excluding carboxylic acids is 1. The van der Waals surface area contributed by atoms with E-state index in [9.17, 15) is 4.79 Å². The summed E-state index contributed by atoms with van der Waals surface area (Å²) in [7, 11) is 17.2. The summed E-state index contributed by atoms with van der Waals surface area (Å²) in [5.74, 6) is -0.0146. The van der Waals surface area contributed by atoms with Gasteiger partial charge in [0.05, 0.1) is 39.1 Å². The lowest BCUT2D eigenvalue weighted by Crippen LogP contribution is -2.38. The van der Waals surface area contributed by atoms with Crippen LogP contribution in [-0.2, 0) is 4.79 Å². The van der Waals surface area contributed by atoms with Crippen LogP contribution in [0.25, 0.3) is 0 Å². The van der Waals surface area contributed by atoms with E-state index in [1.807, 2.05) is 31.3 Å². The number of nitrogens with two attached hydrogens (primary N) is 1. The molecular weight excluding hydrogens is 600 g/mol. The summed E-state index contributed by atoms with van der Waals surface area (Å²) < 4.78 is 0.954. The number of hydrogen-bond acceptors (Lipinski definition) is 9. The van der Waals surface area contributed by atoms with Crippen molar-refractivity contribution in [3.8, 4) is 0 Å². The maximum atomic E-state index is 12.6. The van der Waals surface area contributed by atoms with Crippen LogP contribution < -0.4 is 26.2 Å². The molecule has 2 aromatic carbocycles. The van der Waals surface area contributed by atoms with Gasteiger partial charge in [0.1, 0.15) is 0 Å². The Kier molecular flexibility index (Phi) is 15.5. The molecule has 2 aromatic rings. The largest absolute Gasteiger partial charge is 0.380 e. The lowest BCUT2D eigenvalue weighted by molar-refractivity contribution is -0.870. The zero-order valence-electron chi connectivity index (χ0n) is 30.8. The van der Waals surface area contributed by atoms with Gasteiger partial charge >= 0.3 is 0 Å². The molecule has 264 valence electrons. The molecule has 11 heteroatoms. The standard InChI is InChI=1S/C37H60N10O/c1-39-21-9-24-45(25-10-22-43(2)3)32-19-15-31(16-20-32)41-37-34(29-35(48)36(38)42-37)40-30-13-17-33(18-14-30)46(26-11-23-44(4)5)27-12-28-47(6,7)8/h13-20,29,39H,9-12,21-28H2,1-8H3,(H2-,38,40,41,42,48)/p+1. The fourth-order valence-electron chi connectivity index (χ4n) is 5.53. The Morgan fingerprint density at radius 2 is 1.27 bits per heavy atom. The van der Waals surface area contributed by atoms with E-state index < -0.39 is 0 Å². The second kappa shape index (κ2) is 19.3. The Morgan fingerprint density at radius 1 is 0.750 bits per heavy atom. The van der Waals surface area contributed by atoms with Crippen LogP contribution in [0.4, 0.5) is 22.7 Å². The van der Waals surface area contributed by atoms with E-state index in [1.54, 1.807) is 0 Å². The summed E-state index contributed by atoms with van der Waals surface area (Å²) in [6, 6.07) is 16.6. The molecule has 1 aliphatic rings. The topological polar surface area (TPSA) is 105 Å². The van der Waals surface area contributed by atoms with Crippen molar-refractivity contribution in [2.75, 3.05) is 124 Å². The van der Waals surface area contributed by atoms with E-state index in [0.29, 0.717) is 11.5 Å². The SMILES string of the molecule is CNCCCN(CCCN(C)C)c1ccc(N=C2N=C(N)C(=O)C=C2Nc2ccc(N(CCCN(C)C)CCC[N+](C)(C)C)cc2)cc1. The van der Waals surface area contributed by atoms with E-state index >= 15 is 0 Å². The number of rotatable bonds is 21. The van der Waals surface area contributed by atoms with Crippen LogP contribution in [0, 0.1) is 0 Å². The van der Waals surface area contributed by atoms with Crippen molar-refractivity contribution < 1.29 is 9.28 Å². The number of hydrogen-bond donors (Lipinski definition) is 3. The van der Waals surface area contributed by atoms with Crippen LogP contribution in [0.15, 0.2) is 70.3 Å². The van der Waals surface area contributed by atoms with Gasteiger partial charge in [-0.05, 0) is 123 Å². The summed E-state index contributed by atoms with van der Waals surface area (Å²) in [6.45, 7) is 8.15. The van der Waals surface area contributed by atoms with Gasteiger partial charge in [-0.25, -0.2) is 9.98 Å². The van der Waals surface area contributed by atoms with Crippen LogP contribution >= 0.6 is 0 Å². The number of aliphatic imine (C=N–C) groups is 2. The second-order valence-electron chi connectivity index (χ2n) is 14.2. The Morgan fingerprint density at radius 3 is 1.79 bits per heavy atom. The zero-order chi connectivity index (χ0) is 35.1. The van der Waals surface area contributed by atoms with Gasteiger partial charge in [0, 0.05) is 55.7 Å². The minimum Gasteiger partial charge on any atom is -0.380 e. The first-order chi connectivity index (χ1) is 22.8. The van der Waals surface area contributed by atoms with Crippen molar-refractivity contribution in [2.24, 2.45) is 15.7 Å². The highest BCUT2D eigenvalue weighted by Crippen LogP contribution is 2.24. The number of benzene rings is 2. The number of amidine groups is 2. The van der Waals surface area contributed by atoms with Crippen molar-refractivity contribution in [1.29, 1.82) is 0 Å². The predicted octanol–water partition coefficient (Wildman–Crippen LogP) is 3.87. The normalized spacial score (nSPS) is 14.5. The molecule has 0 spiro atoms. The molecule has 4 N–H and O–H groups in total. The summed E-state index contributed by atoms with van der Waals surface area (Å²) in [4.78, 5) is 31.1. The number of anilines is 3. The monoisotopic (exact) mass is 662 g/mol. The molecule has 0 saturated carbocycles. The van der Waals surface area contributed by atoms with Crippen LogP contribution in [0.1, 0.15) is 25.7 Å². The van der Waals surface area contributed by atoms with Crippen molar-refractivity contribution in [1.82, 2.24) is 15.1 Å². The van der Waals surface area contributed by atoms with Crippen molar-refractivity contribution in [2.45, 2.75) is 25.7 Å². The van der Waals surface area contributed by atoms with E-state index in [0.717, 1.165) is 99.6 Å². The maximum Gasteiger partial charge on any atom is 0.222 e. The number of nitrogens with zero attached hydrogens (tertiary/aromatic N) is 7. The highest BCUT2D eigenvalue weighted by atomic mass is 16.1. The Balaban J connectivity index is 1.76. The van der Waals surface area contributed by atoms with Crippen LogP contribution in [0.3, 0.4) is 0 Å². The van der Waals surface area contributed by atoms with E-state index in [1.165, 1.54) is 11.8 Å². The average molecular weight is 662 g/mol. The number of ketones is 1. The molecule has 3 rings (SSSR count). The third-order valence-electron chi connectivity index (χ3n) is 8.13. The van der Waals surface area contributed by atoms with Gasteiger partial charge in [0.15, 0.2) is 11.7 Å². The Labute approximate surface area is 289 Å². The van der Waals surface area contributed by atoms with Crippen molar-refractivity contribution in [3.63, 3.8) is 0 Å². The van der Waals surface area contributed by atoms with E-state index in [2.05, 4.69) is 109 Å². The molecule has 1 heterocycles. The second-order valence-corrected chi connectivity index (χ2v) is 14.2. The quantitative estimate of drug-likeness (QED) is 0.137. The van der Waals surface area contributed by atoms with Gasteiger partial charge in [-0.2, -0.15) is 0 Å². The fraction of sp³-hybridized carbons (Fsp3) is 0.541. The molecule has 0 aromatic heterocycles. The molecular formula is C37H61N10O+. The van der Waals surface area contributed by atoms with Gasteiger partial charge in [0.25, 0.3) is 0 Å². The first-order valence-corrected chi connectivity index (χ1v) is 17.3. The van der Waals surface area contributed by atoms with Crippen LogP contribution in [-0.4, -0.2) is 140 Å². The first-order valence-electron chi connectivity index (χ1n) is 17.3. The van der Waals surface area contributed by atoms with Gasteiger partial charge in [0.2, 0.25) is 5.78 Å². The predicted molar refractivity (Wildman–Crippen MR) is 205 cm³/mol. The average Bonchev–Trinajstić information content (AvgIpc) is 3.02. The Bertz CT molecular complexity index is 1360. The number of carbonyl (C=O) groups is 1. The van der Waals surface area contributed by atoms with Crippen LogP contribution in [0.5, 0.6) is 0 Å². The molecule has 0 fully saturated rings. The van der Waals surface area contributed by atoms with Crippen molar-refractivity contribution in [3.05, 3.63) is 60.3 Å². The summed E-state index contributed by atoms with van der Waals surface area (Å²) in [5.41, 5.74) is 10.4. The smallest absolute Gasteiger partial charge is 0.222 e. The minimum absolute atomic E-state index is 0.0647. The molecule has 0 saturated heterocycles. The molecule has 1 aliphatic heterocycles. The lowest BCUT2D eigenvalue weighted by Gasteiger charge is -2.29. The summed E-state index contributed by atoms with van der Waals surface area (Å²) in [6.07, 6.45) is 5.85. The maximum absolute atomic E-state index is 12.6. The number of dihydropyridines is 1. The molecule has 11 nitrogen and oxygen atoms in total. The Hall–Kier alpha value is -3.77. The molecule has 0 unspecified atom stereocenters. The number of quaternary nitrogens is 1. The first kappa shape index (κ1) is 38.7. The minimum atomic E-state index is -0.331. The molecule has 0 amide bonds. The van der Waals surface area contributed by atoms with Gasteiger partial charge in [-0.1, -0.05) is 0 Å². The summed E-state index contributed by atoms with van der Waals surface area (Å²) >= 11 is 0. The fourth-order valence-corrected chi connectivity index (χ4v) is 5.53. The van der Waals surface area contributed by atoms with Crippen LogP contribution in [0.2, 0.25) is 0 Å². The molecule has 0 atom stereocenters. The van der Waals surface area contributed by atoms with Crippen molar-refractivity contribution >= 4 is 40.2 Å². The number of nitrogens with one attached hydrogen (secondary N) is 2. The van der Waals surface area contributed by atoms with Gasteiger partial charge in [-0.3, -0.25) is 4.79 Å². The van der Waals surface area contributed by atoms with Gasteiger partial charge in [-0.15, -0.1) is 0 Å². The zero-order valence-corrected chi connectivity index (χ0v) is 30.8. The third-order valence-corrected chi connectivity index (χ3v) is 8.13. The molecule has 0 aliphatic carbocycles. The molecule has 0 bridgehead atoms. The molecule has 48 heavy (non-hydrogen) atoms. The van der Waals surface area contributed by atoms with E-state index in [4.69, 9.17) is 10.7 Å². The third kappa shape index (κ3) is 13.8. The molecule has 0 radical (unpaired) electrons. The highest BCUT2D eigenvalue weighted by Gasteiger charge is 2.20. The summed E-state index contributed by atoms with van der Waals surface area (Å²) in [5, 5.41) is 6.63. The highest BCUT2D eigenvalue weighted by molar-refractivity contribution is 6.47. The lowest BCUT2D eigenvalue weighted by atomic mass is 10.2. The van der Waals surface area contributed by atoms with Gasteiger partial charge < -0.3 is 40.4 Å². The van der Waals surface area contributed by atoms with E-state index in [-0.39, 0.29) is 11.6 Å².